The average molecular weight is 689 g/mol. The number of rotatable bonds is 5. The summed E-state index contributed by atoms with van der Waals surface area (Å²) in [7, 11) is 0. The minimum absolute atomic E-state index is 0.0801. The summed E-state index contributed by atoms with van der Waals surface area (Å²) in [5.74, 6) is -7.59. The van der Waals surface area contributed by atoms with Crippen LogP contribution in [0.5, 0.6) is 5.75 Å². The zero-order valence-electron chi connectivity index (χ0n) is 26.8. The number of aromatic hydroxyl groups is 1. The van der Waals surface area contributed by atoms with Crippen molar-refractivity contribution < 1.29 is 33.5 Å². The second-order valence-corrected chi connectivity index (χ2v) is 13.9. The van der Waals surface area contributed by atoms with Crippen molar-refractivity contribution in [3.8, 4) is 5.75 Å². The Bertz CT molecular complexity index is 2170. The summed E-state index contributed by atoms with van der Waals surface area (Å²) in [6.07, 6.45) is 2.15. The molecular formula is C40H30ClFN2O6. The van der Waals surface area contributed by atoms with Crippen molar-refractivity contribution >= 4 is 52.4 Å². The molecule has 0 radical (unpaired) electrons. The van der Waals surface area contributed by atoms with E-state index in [0.29, 0.717) is 33.0 Å². The maximum Gasteiger partial charge on any atom is 0.246 e. The molecular weight excluding hydrogens is 659 g/mol. The Hall–Kier alpha value is -5.41. The first-order valence-corrected chi connectivity index (χ1v) is 16.8. The SMILES string of the molecule is CC(=O)c1ccc(N2C(=O)[C@H]3[C@H](CC=C4[C@H]3C[C@H]3C(=O)N(c5cccc(Cl)c5)C(=O)[C@@]3(c3ccccc3)[C@H]4c3ccc(O)c(F)c3)C2=O)cc1. The highest BCUT2D eigenvalue weighted by molar-refractivity contribution is 6.32. The highest BCUT2D eigenvalue weighted by atomic mass is 35.5. The summed E-state index contributed by atoms with van der Waals surface area (Å²) in [6.45, 7) is 1.43. The Labute approximate surface area is 291 Å². The number of phenolic OH excluding ortho intramolecular Hbond substituents is 1. The van der Waals surface area contributed by atoms with Crippen molar-refractivity contribution in [2.45, 2.75) is 31.1 Å². The van der Waals surface area contributed by atoms with E-state index in [4.69, 9.17) is 11.6 Å². The molecule has 8 nitrogen and oxygen atoms in total. The van der Waals surface area contributed by atoms with Gasteiger partial charge in [-0.2, -0.15) is 0 Å². The molecule has 2 saturated heterocycles. The van der Waals surface area contributed by atoms with E-state index in [2.05, 4.69) is 0 Å². The number of carbonyl (C=O) groups is 5. The number of fused-ring (bicyclic) bond motifs is 4. The number of hydrogen-bond acceptors (Lipinski definition) is 6. The van der Waals surface area contributed by atoms with E-state index in [0.717, 1.165) is 9.80 Å². The standard InChI is InChI=1S/C40H30ClFN2O6/c1-21(45)22-10-13-26(14-11-22)43-36(47)29-16-15-28-30(34(29)38(43)49)20-31-37(48)44(27-9-5-8-25(41)19-27)39(50)40(31,24-6-3-2-4-7-24)35(28)23-12-17-33(46)32(42)18-23/h2-15,17-19,29-31,34-35,46H,16,20H2,1H3/t29-,30+,31-,34-,35-,40+/m0/s1. The molecule has 2 aliphatic heterocycles. The maximum absolute atomic E-state index is 15.3. The van der Waals surface area contributed by atoms with E-state index >= 15 is 9.18 Å². The highest BCUT2D eigenvalue weighted by Gasteiger charge is 2.70. The number of ketones is 1. The number of Topliss-reactive ketones (excluding diaryl/α,β-unsaturated/α-hetero) is 1. The molecule has 50 heavy (non-hydrogen) atoms. The Morgan fingerprint density at radius 3 is 2.24 bits per heavy atom. The lowest BCUT2D eigenvalue weighted by atomic mass is 9.49. The van der Waals surface area contributed by atoms with Gasteiger partial charge in [0.15, 0.2) is 17.3 Å². The van der Waals surface area contributed by atoms with Crippen LogP contribution in [0.4, 0.5) is 15.8 Å². The van der Waals surface area contributed by atoms with E-state index in [1.54, 1.807) is 84.9 Å². The summed E-state index contributed by atoms with van der Waals surface area (Å²) in [5.41, 5.74) is 1.08. The molecule has 2 heterocycles. The molecule has 4 aliphatic rings. The predicted octanol–water partition coefficient (Wildman–Crippen LogP) is 6.75. The van der Waals surface area contributed by atoms with Crippen LogP contribution in [-0.2, 0) is 24.6 Å². The Morgan fingerprint density at radius 2 is 1.56 bits per heavy atom. The fraction of sp³-hybridized carbons (Fsp3) is 0.225. The lowest BCUT2D eigenvalue weighted by molar-refractivity contribution is -0.127. The van der Waals surface area contributed by atoms with Gasteiger partial charge in [-0.05, 0) is 91.4 Å². The number of hydrogen-bond donors (Lipinski definition) is 1. The highest BCUT2D eigenvalue weighted by Crippen LogP contribution is 2.64. The third kappa shape index (κ3) is 4.46. The molecule has 8 rings (SSSR count). The maximum atomic E-state index is 15.3. The summed E-state index contributed by atoms with van der Waals surface area (Å²) in [5, 5.41) is 10.5. The van der Waals surface area contributed by atoms with Crippen molar-refractivity contribution in [3.05, 3.63) is 136 Å². The lowest BCUT2D eigenvalue weighted by Crippen LogP contribution is -2.53. The Kier molecular flexibility index (Phi) is 7.38. The third-order valence-corrected chi connectivity index (χ3v) is 11.2. The van der Waals surface area contributed by atoms with Gasteiger partial charge in [0.1, 0.15) is 0 Å². The number of anilines is 2. The smallest absolute Gasteiger partial charge is 0.246 e. The van der Waals surface area contributed by atoms with Gasteiger partial charge in [0.2, 0.25) is 23.6 Å². The number of nitrogens with zero attached hydrogens (tertiary/aromatic N) is 2. The molecule has 4 aromatic carbocycles. The molecule has 1 saturated carbocycles. The van der Waals surface area contributed by atoms with Crippen LogP contribution in [0.3, 0.4) is 0 Å². The molecule has 1 N–H and O–H groups in total. The predicted molar refractivity (Wildman–Crippen MR) is 183 cm³/mol. The van der Waals surface area contributed by atoms with Crippen LogP contribution in [0, 0.1) is 29.5 Å². The van der Waals surface area contributed by atoms with Gasteiger partial charge in [-0.1, -0.05) is 65.7 Å². The van der Waals surface area contributed by atoms with E-state index in [1.807, 2.05) is 6.08 Å². The molecule has 6 atom stereocenters. The minimum atomic E-state index is -1.56. The van der Waals surface area contributed by atoms with Crippen molar-refractivity contribution in [2.75, 3.05) is 9.80 Å². The lowest BCUT2D eigenvalue weighted by Gasteiger charge is -2.50. The fourth-order valence-electron chi connectivity index (χ4n) is 8.92. The second-order valence-electron chi connectivity index (χ2n) is 13.4. The van der Waals surface area contributed by atoms with E-state index < -0.39 is 64.3 Å². The molecule has 0 unspecified atom stereocenters. The first-order chi connectivity index (χ1) is 24.0. The van der Waals surface area contributed by atoms with Gasteiger partial charge in [0.05, 0.1) is 34.5 Å². The molecule has 2 aliphatic carbocycles. The van der Waals surface area contributed by atoms with Crippen LogP contribution in [0.2, 0.25) is 5.02 Å². The minimum Gasteiger partial charge on any atom is -0.505 e. The third-order valence-electron chi connectivity index (χ3n) is 11.0. The Balaban J connectivity index is 1.33. The molecule has 4 amide bonds. The molecule has 0 spiro atoms. The monoisotopic (exact) mass is 688 g/mol. The van der Waals surface area contributed by atoms with Gasteiger partial charge < -0.3 is 5.11 Å². The van der Waals surface area contributed by atoms with Crippen LogP contribution in [0.25, 0.3) is 0 Å². The number of allylic oxidation sites excluding steroid dienone is 2. The van der Waals surface area contributed by atoms with Crippen LogP contribution in [0.1, 0.15) is 47.2 Å². The molecule has 0 bridgehead atoms. The van der Waals surface area contributed by atoms with E-state index in [9.17, 15) is 24.3 Å². The summed E-state index contributed by atoms with van der Waals surface area (Å²) < 4.78 is 15.3. The normalized spacial score (nSPS) is 27.2. The Morgan fingerprint density at radius 1 is 0.820 bits per heavy atom. The summed E-state index contributed by atoms with van der Waals surface area (Å²) >= 11 is 6.34. The number of amides is 4. The van der Waals surface area contributed by atoms with Gasteiger partial charge in [0, 0.05) is 16.5 Å². The molecule has 0 aromatic heterocycles. The van der Waals surface area contributed by atoms with Gasteiger partial charge in [-0.3, -0.25) is 28.9 Å². The fourth-order valence-corrected chi connectivity index (χ4v) is 9.11. The van der Waals surface area contributed by atoms with Gasteiger partial charge >= 0.3 is 0 Å². The number of benzene rings is 4. The van der Waals surface area contributed by atoms with Crippen LogP contribution in [0.15, 0.2) is 109 Å². The summed E-state index contributed by atoms with van der Waals surface area (Å²) in [4.78, 5) is 72.5. The van der Waals surface area contributed by atoms with E-state index in [1.165, 1.54) is 19.1 Å². The number of carbonyl (C=O) groups excluding carboxylic acids is 5. The molecule has 10 heteroatoms. The zero-order valence-corrected chi connectivity index (χ0v) is 27.5. The number of halogens is 2. The number of imide groups is 2. The van der Waals surface area contributed by atoms with Gasteiger partial charge in [-0.25, -0.2) is 9.29 Å². The largest absolute Gasteiger partial charge is 0.505 e. The zero-order chi connectivity index (χ0) is 35.1. The van der Waals surface area contributed by atoms with Gasteiger partial charge in [-0.15, -0.1) is 0 Å². The number of phenols is 1. The first kappa shape index (κ1) is 31.8. The van der Waals surface area contributed by atoms with Crippen LogP contribution >= 0.6 is 11.6 Å². The van der Waals surface area contributed by atoms with Crippen molar-refractivity contribution in [2.24, 2.45) is 23.7 Å². The first-order valence-electron chi connectivity index (χ1n) is 16.4. The molecule has 4 aromatic rings. The van der Waals surface area contributed by atoms with Crippen molar-refractivity contribution in [1.82, 2.24) is 0 Å². The van der Waals surface area contributed by atoms with Crippen molar-refractivity contribution in [1.29, 1.82) is 0 Å². The topological polar surface area (TPSA) is 112 Å². The van der Waals surface area contributed by atoms with Crippen molar-refractivity contribution in [3.63, 3.8) is 0 Å². The quantitative estimate of drug-likeness (QED) is 0.141. The molecule has 250 valence electrons. The average Bonchev–Trinajstić information content (AvgIpc) is 3.50. The van der Waals surface area contributed by atoms with Crippen LogP contribution < -0.4 is 9.80 Å². The van der Waals surface area contributed by atoms with Gasteiger partial charge in [0.25, 0.3) is 0 Å². The second kappa shape index (κ2) is 11.6. The summed E-state index contributed by atoms with van der Waals surface area (Å²) in [6, 6.07) is 25.6. The molecule has 3 fully saturated rings. The van der Waals surface area contributed by atoms with Crippen LogP contribution in [-0.4, -0.2) is 34.5 Å². The van der Waals surface area contributed by atoms with E-state index in [-0.39, 0.29) is 30.2 Å².